The summed E-state index contributed by atoms with van der Waals surface area (Å²) in [5.41, 5.74) is 0. The van der Waals surface area contributed by atoms with Crippen molar-refractivity contribution in [2.24, 2.45) is 0 Å². The van der Waals surface area contributed by atoms with Crippen LogP contribution in [0.25, 0.3) is 0 Å². The molecule has 1 aromatic carbocycles. The van der Waals surface area contributed by atoms with Crippen LogP contribution in [0.1, 0.15) is 0 Å². The molecule has 62 valence electrons. The number of hydrogen-bond acceptors (Lipinski definition) is 1. The molecule has 0 aromatic heterocycles. The fourth-order valence-corrected chi connectivity index (χ4v) is 1.06. The third-order valence-corrected chi connectivity index (χ3v) is 1.68. The van der Waals surface area contributed by atoms with Crippen molar-refractivity contribution < 1.29 is 17.5 Å². The Hall–Kier alpha value is 0.190. The van der Waals surface area contributed by atoms with E-state index < -0.39 is 22.7 Å². The monoisotopic (exact) mass is 202 g/mol. The molecule has 0 fully saturated rings. The van der Waals surface area contributed by atoms with Gasteiger partial charge in [-0.2, -0.15) is 0 Å². The molecule has 0 saturated carbocycles. The third kappa shape index (κ3) is 3.28. The molecule has 0 heterocycles. The molecule has 0 aliphatic heterocycles. The van der Waals surface area contributed by atoms with Crippen molar-refractivity contribution in [1.29, 1.82) is 0 Å². The van der Waals surface area contributed by atoms with Crippen molar-refractivity contribution in [3.63, 3.8) is 0 Å². The molecular weight excluding hydrogens is 197 g/mol. The molecule has 0 radical (unpaired) electrons. The van der Waals surface area contributed by atoms with Gasteiger partial charge in [0, 0.05) is 6.07 Å². The summed E-state index contributed by atoms with van der Waals surface area (Å²) in [6.07, 6.45) is 0. The van der Waals surface area contributed by atoms with Gasteiger partial charge < -0.3 is 4.55 Å². The summed E-state index contributed by atoms with van der Waals surface area (Å²) in [4.78, 5) is -0.275. The number of benzene rings is 1. The Morgan fingerprint density at radius 1 is 1.17 bits per heavy atom. The van der Waals surface area contributed by atoms with Gasteiger partial charge in [0.25, 0.3) is 0 Å². The van der Waals surface area contributed by atoms with Crippen molar-refractivity contribution in [3.05, 3.63) is 29.8 Å². The second kappa shape index (κ2) is 5.04. The van der Waals surface area contributed by atoms with Crippen molar-refractivity contribution in [3.8, 4) is 0 Å². The van der Waals surface area contributed by atoms with E-state index in [4.69, 9.17) is 4.55 Å². The van der Waals surface area contributed by atoms with Gasteiger partial charge in [-0.1, -0.05) is 0 Å². The molecule has 0 aliphatic carbocycles. The van der Waals surface area contributed by atoms with E-state index in [2.05, 4.69) is 0 Å². The molecule has 1 rings (SSSR count). The van der Waals surface area contributed by atoms with Gasteiger partial charge >= 0.3 is 29.6 Å². The van der Waals surface area contributed by atoms with Crippen LogP contribution in [0.15, 0.2) is 23.1 Å². The zero-order valence-corrected chi connectivity index (χ0v) is 6.07. The molecule has 1 unspecified atom stereocenters. The van der Waals surface area contributed by atoms with Crippen LogP contribution in [0.3, 0.4) is 0 Å². The SMILES string of the molecule is O=S(O)c1cc(F)cc(F)c1.[NaH]. The Bertz CT molecular complexity index is 285. The first-order valence-corrected chi connectivity index (χ1v) is 3.77. The van der Waals surface area contributed by atoms with Crippen LogP contribution < -0.4 is 0 Å². The first-order valence-electron chi connectivity index (χ1n) is 2.66. The average molecular weight is 202 g/mol. The first kappa shape index (κ1) is 12.2. The molecular formula is C6H5F2NaO2S. The first-order chi connectivity index (χ1) is 5.09. The number of rotatable bonds is 1. The Morgan fingerprint density at radius 2 is 1.58 bits per heavy atom. The van der Waals surface area contributed by atoms with Crippen LogP contribution in [0.4, 0.5) is 8.78 Å². The molecule has 1 N–H and O–H groups in total. The van der Waals surface area contributed by atoms with E-state index in [0.717, 1.165) is 12.1 Å². The second-order valence-corrected chi connectivity index (χ2v) is 2.82. The van der Waals surface area contributed by atoms with E-state index in [-0.39, 0.29) is 34.5 Å². The molecule has 1 aromatic rings. The minimum absolute atomic E-state index is 0. The predicted octanol–water partition coefficient (Wildman–Crippen LogP) is 0.897. The normalized spacial score (nSPS) is 11.9. The van der Waals surface area contributed by atoms with E-state index in [0.29, 0.717) is 6.07 Å². The second-order valence-electron chi connectivity index (χ2n) is 1.85. The van der Waals surface area contributed by atoms with Gasteiger partial charge in [-0.15, -0.1) is 0 Å². The summed E-state index contributed by atoms with van der Waals surface area (Å²) < 4.78 is 43.3. The molecule has 12 heavy (non-hydrogen) atoms. The van der Waals surface area contributed by atoms with Gasteiger partial charge in [-0.25, -0.2) is 13.0 Å². The van der Waals surface area contributed by atoms with Crippen LogP contribution in [-0.2, 0) is 11.1 Å². The van der Waals surface area contributed by atoms with Crippen molar-refractivity contribution >= 4 is 40.6 Å². The van der Waals surface area contributed by atoms with Crippen molar-refractivity contribution in [2.75, 3.05) is 0 Å². The molecule has 0 bridgehead atoms. The molecule has 0 saturated heterocycles. The molecule has 1 atom stereocenters. The maximum atomic E-state index is 12.3. The van der Waals surface area contributed by atoms with Crippen LogP contribution in [-0.4, -0.2) is 38.3 Å². The quantitative estimate of drug-likeness (QED) is 0.542. The summed E-state index contributed by atoms with van der Waals surface area (Å²) in [6.45, 7) is 0. The van der Waals surface area contributed by atoms with Crippen LogP contribution in [0.2, 0.25) is 0 Å². The summed E-state index contributed by atoms with van der Waals surface area (Å²) in [5, 5.41) is 0. The van der Waals surface area contributed by atoms with E-state index >= 15 is 0 Å². The van der Waals surface area contributed by atoms with Crippen molar-refractivity contribution in [2.45, 2.75) is 4.90 Å². The number of hydrogen-bond donors (Lipinski definition) is 1. The zero-order chi connectivity index (χ0) is 8.43. The summed E-state index contributed by atoms with van der Waals surface area (Å²) in [6, 6.07) is 2.24. The predicted molar refractivity (Wildman–Crippen MR) is 42.5 cm³/mol. The van der Waals surface area contributed by atoms with Gasteiger partial charge in [0.2, 0.25) is 0 Å². The Labute approximate surface area is 92.6 Å². The Morgan fingerprint density at radius 3 is 1.92 bits per heavy atom. The average Bonchev–Trinajstić information content (AvgIpc) is 1.85. The third-order valence-electron chi connectivity index (χ3n) is 1.04. The molecule has 0 spiro atoms. The van der Waals surface area contributed by atoms with Crippen LogP contribution >= 0.6 is 0 Å². The molecule has 6 heteroatoms. The van der Waals surface area contributed by atoms with Crippen molar-refractivity contribution in [1.82, 2.24) is 0 Å². The minimum atomic E-state index is -2.33. The fourth-order valence-electron chi connectivity index (χ4n) is 0.629. The van der Waals surface area contributed by atoms with E-state index in [1.807, 2.05) is 0 Å². The topological polar surface area (TPSA) is 37.3 Å². The summed E-state index contributed by atoms with van der Waals surface area (Å²) in [7, 11) is 0. The van der Waals surface area contributed by atoms with E-state index in [9.17, 15) is 13.0 Å². The molecule has 0 amide bonds. The van der Waals surface area contributed by atoms with Crippen LogP contribution in [0, 0.1) is 11.6 Å². The van der Waals surface area contributed by atoms with Gasteiger partial charge in [0.15, 0.2) is 11.1 Å². The molecule has 2 nitrogen and oxygen atoms in total. The van der Waals surface area contributed by atoms with Crippen LogP contribution in [0.5, 0.6) is 0 Å². The van der Waals surface area contributed by atoms with Gasteiger partial charge in [0.1, 0.15) is 11.6 Å². The van der Waals surface area contributed by atoms with Gasteiger partial charge in [-0.05, 0) is 12.1 Å². The standard InChI is InChI=1S/C6H4F2O2S.Na.H/c7-4-1-5(8)3-6(2-4)11(9)10;;/h1-3H,(H,9,10);;. The maximum absolute atomic E-state index is 12.3. The Balaban J connectivity index is 0.00000121. The number of halogens is 2. The Kier molecular flexibility index (Phi) is 5.12. The zero-order valence-electron chi connectivity index (χ0n) is 5.25. The van der Waals surface area contributed by atoms with Gasteiger partial charge in [0.05, 0.1) is 4.90 Å². The van der Waals surface area contributed by atoms with E-state index in [1.165, 1.54) is 0 Å². The fraction of sp³-hybridized carbons (Fsp3) is 0. The summed E-state index contributed by atoms with van der Waals surface area (Å²) in [5.74, 6) is -1.72. The van der Waals surface area contributed by atoms with Gasteiger partial charge in [-0.3, -0.25) is 0 Å². The van der Waals surface area contributed by atoms with E-state index in [1.54, 1.807) is 0 Å². The summed E-state index contributed by atoms with van der Waals surface area (Å²) >= 11 is -2.33. The molecule has 0 aliphatic rings.